The quantitative estimate of drug-likeness (QED) is 0.653. The average molecular weight is 371 g/mol. The summed E-state index contributed by atoms with van der Waals surface area (Å²) >= 11 is 6.25. The molecular formula is C19H15ClN2O4. The molecule has 2 aromatic carbocycles. The standard InChI is InChI=1S/C19H15ClN2O4/c20-13-8-12(9-17-18(13)25-7-3-6-24-17)11-26-19(23)16-10-21-14-4-1-2-5-15(14)22-16/h1-2,4-5,8-10H,3,6-7,11H2. The van der Waals surface area contributed by atoms with Crippen molar-refractivity contribution < 1.29 is 19.0 Å². The summed E-state index contributed by atoms with van der Waals surface area (Å²) in [6.45, 7) is 1.16. The molecule has 7 heteroatoms. The van der Waals surface area contributed by atoms with Gasteiger partial charge in [-0.05, 0) is 29.8 Å². The van der Waals surface area contributed by atoms with Crippen LogP contribution in [0.25, 0.3) is 11.0 Å². The van der Waals surface area contributed by atoms with Crippen molar-refractivity contribution in [2.75, 3.05) is 13.2 Å². The first-order valence-electron chi connectivity index (χ1n) is 8.17. The molecule has 26 heavy (non-hydrogen) atoms. The fourth-order valence-corrected chi connectivity index (χ4v) is 2.93. The van der Waals surface area contributed by atoms with Crippen LogP contribution in [0.4, 0.5) is 0 Å². The molecule has 0 amide bonds. The topological polar surface area (TPSA) is 70.5 Å². The predicted octanol–water partition coefficient (Wildman–Crippen LogP) is 3.80. The van der Waals surface area contributed by atoms with Crippen LogP contribution in [-0.4, -0.2) is 29.2 Å². The summed E-state index contributed by atoms with van der Waals surface area (Å²) in [4.78, 5) is 20.8. The maximum atomic E-state index is 12.3. The Hall–Kier alpha value is -2.86. The first-order valence-corrected chi connectivity index (χ1v) is 8.55. The molecule has 0 unspecified atom stereocenters. The first-order chi connectivity index (χ1) is 12.7. The summed E-state index contributed by atoms with van der Waals surface area (Å²) in [5, 5.41) is 0.431. The zero-order chi connectivity index (χ0) is 17.9. The predicted molar refractivity (Wildman–Crippen MR) is 95.7 cm³/mol. The smallest absolute Gasteiger partial charge is 0.358 e. The SMILES string of the molecule is O=C(OCc1cc(Cl)c2c(c1)OCCCO2)c1cnc2ccccc2n1. The number of esters is 1. The van der Waals surface area contributed by atoms with Gasteiger partial charge in [-0.15, -0.1) is 0 Å². The third-order valence-electron chi connectivity index (χ3n) is 3.89. The van der Waals surface area contributed by atoms with E-state index in [1.54, 1.807) is 18.2 Å². The highest BCUT2D eigenvalue weighted by Crippen LogP contribution is 2.38. The number of ether oxygens (including phenoxy) is 3. The van der Waals surface area contributed by atoms with E-state index in [0.717, 1.165) is 11.9 Å². The number of rotatable bonds is 3. The van der Waals surface area contributed by atoms with Crippen molar-refractivity contribution in [3.05, 3.63) is 58.9 Å². The highest BCUT2D eigenvalue weighted by atomic mass is 35.5. The molecule has 6 nitrogen and oxygen atoms in total. The summed E-state index contributed by atoms with van der Waals surface area (Å²) in [6.07, 6.45) is 2.20. The number of halogens is 1. The first kappa shape index (κ1) is 16.6. The molecule has 0 radical (unpaired) electrons. The van der Waals surface area contributed by atoms with Crippen LogP contribution in [0.1, 0.15) is 22.5 Å². The van der Waals surface area contributed by atoms with E-state index in [0.29, 0.717) is 40.8 Å². The number of fused-ring (bicyclic) bond motifs is 2. The zero-order valence-corrected chi connectivity index (χ0v) is 14.5. The summed E-state index contributed by atoms with van der Waals surface area (Å²) in [7, 11) is 0. The van der Waals surface area contributed by atoms with Gasteiger partial charge < -0.3 is 14.2 Å². The molecule has 0 fully saturated rings. The molecule has 0 saturated carbocycles. The number of hydrogen-bond acceptors (Lipinski definition) is 6. The number of hydrogen-bond donors (Lipinski definition) is 0. The third kappa shape index (κ3) is 3.41. The van der Waals surface area contributed by atoms with Gasteiger partial charge in [-0.25, -0.2) is 9.78 Å². The zero-order valence-electron chi connectivity index (χ0n) is 13.8. The molecule has 0 atom stereocenters. The van der Waals surface area contributed by atoms with Gasteiger partial charge in [0.2, 0.25) is 0 Å². The Labute approximate surface area is 154 Å². The molecule has 0 spiro atoms. The molecule has 132 valence electrons. The lowest BCUT2D eigenvalue weighted by molar-refractivity contribution is 0.0465. The monoisotopic (exact) mass is 370 g/mol. The molecule has 1 aromatic heterocycles. The van der Waals surface area contributed by atoms with Crippen LogP contribution in [0.5, 0.6) is 11.5 Å². The maximum Gasteiger partial charge on any atom is 0.358 e. The molecule has 0 saturated heterocycles. The van der Waals surface area contributed by atoms with Crippen molar-refractivity contribution >= 4 is 28.6 Å². The summed E-state index contributed by atoms with van der Waals surface area (Å²) in [5.74, 6) is 0.540. The molecule has 1 aliphatic rings. The van der Waals surface area contributed by atoms with E-state index < -0.39 is 5.97 Å². The molecular weight excluding hydrogens is 356 g/mol. The van der Waals surface area contributed by atoms with Gasteiger partial charge in [-0.2, -0.15) is 0 Å². The van der Waals surface area contributed by atoms with Gasteiger partial charge in [0.25, 0.3) is 0 Å². The minimum atomic E-state index is -0.550. The van der Waals surface area contributed by atoms with E-state index in [9.17, 15) is 4.79 Å². The minimum Gasteiger partial charge on any atom is -0.489 e. The molecule has 1 aliphatic heterocycles. The van der Waals surface area contributed by atoms with Crippen molar-refractivity contribution in [3.8, 4) is 11.5 Å². The Morgan fingerprint density at radius 3 is 2.85 bits per heavy atom. The molecule has 0 aliphatic carbocycles. The number of carbonyl (C=O) groups is 1. The summed E-state index contributed by atoms with van der Waals surface area (Å²) < 4.78 is 16.6. The Bertz CT molecular complexity index is 977. The van der Waals surface area contributed by atoms with E-state index in [1.807, 2.05) is 18.2 Å². The van der Waals surface area contributed by atoms with E-state index in [4.69, 9.17) is 25.8 Å². The van der Waals surface area contributed by atoms with Gasteiger partial charge in [0.15, 0.2) is 17.2 Å². The van der Waals surface area contributed by atoms with Crippen LogP contribution >= 0.6 is 11.6 Å². The van der Waals surface area contributed by atoms with Gasteiger partial charge in [0.1, 0.15) is 6.61 Å². The molecule has 0 N–H and O–H groups in total. The second kappa shape index (κ2) is 7.17. The Morgan fingerprint density at radius 2 is 1.96 bits per heavy atom. The highest BCUT2D eigenvalue weighted by molar-refractivity contribution is 6.32. The normalized spacial score (nSPS) is 13.3. The Kier molecular flexibility index (Phi) is 4.58. The van der Waals surface area contributed by atoms with Crippen molar-refractivity contribution in [3.63, 3.8) is 0 Å². The van der Waals surface area contributed by atoms with Gasteiger partial charge in [0, 0.05) is 6.42 Å². The van der Waals surface area contributed by atoms with E-state index in [1.165, 1.54) is 6.20 Å². The Morgan fingerprint density at radius 1 is 1.15 bits per heavy atom. The van der Waals surface area contributed by atoms with Crippen LogP contribution in [0.15, 0.2) is 42.6 Å². The van der Waals surface area contributed by atoms with Crippen molar-refractivity contribution in [1.29, 1.82) is 0 Å². The van der Waals surface area contributed by atoms with Crippen molar-refractivity contribution in [2.24, 2.45) is 0 Å². The van der Waals surface area contributed by atoms with Gasteiger partial charge in [0.05, 0.1) is 35.5 Å². The fourth-order valence-electron chi connectivity index (χ4n) is 2.65. The van der Waals surface area contributed by atoms with Gasteiger partial charge >= 0.3 is 5.97 Å². The number of para-hydroxylation sites is 2. The number of benzene rings is 2. The second-order valence-electron chi connectivity index (χ2n) is 5.78. The van der Waals surface area contributed by atoms with Crippen LogP contribution < -0.4 is 9.47 Å². The lowest BCUT2D eigenvalue weighted by atomic mass is 10.2. The fraction of sp³-hybridized carbons (Fsp3) is 0.211. The lowest BCUT2D eigenvalue weighted by Crippen LogP contribution is -2.08. The number of carbonyl (C=O) groups excluding carboxylic acids is 1. The Balaban J connectivity index is 1.50. The average Bonchev–Trinajstić information content (AvgIpc) is 2.91. The van der Waals surface area contributed by atoms with Crippen LogP contribution in [0.2, 0.25) is 5.02 Å². The van der Waals surface area contributed by atoms with Crippen molar-refractivity contribution in [2.45, 2.75) is 13.0 Å². The lowest BCUT2D eigenvalue weighted by Gasteiger charge is -2.12. The maximum absolute atomic E-state index is 12.3. The summed E-state index contributed by atoms with van der Waals surface area (Å²) in [5.41, 5.74) is 2.23. The van der Waals surface area contributed by atoms with E-state index in [2.05, 4.69) is 9.97 Å². The number of aromatic nitrogens is 2. The van der Waals surface area contributed by atoms with E-state index in [-0.39, 0.29) is 12.3 Å². The molecule has 2 heterocycles. The third-order valence-corrected chi connectivity index (χ3v) is 4.17. The van der Waals surface area contributed by atoms with Crippen LogP contribution in [-0.2, 0) is 11.3 Å². The molecule has 0 bridgehead atoms. The van der Waals surface area contributed by atoms with Gasteiger partial charge in [-0.1, -0.05) is 23.7 Å². The van der Waals surface area contributed by atoms with E-state index >= 15 is 0 Å². The summed E-state index contributed by atoms with van der Waals surface area (Å²) in [6, 6.07) is 10.8. The highest BCUT2D eigenvalue weighted by Gasteiger charge is 2.17. The van der Waals surface area contributed by atoms with Crippen LogP contribution in [0, 0.1) is 0 Å². The molecule has 4 rings (SSSR count). The van der Waals surface area contributed by atoms with Crippen LogP contribution in [0.3, 0.4) is 0 Å². The second-order valence-corrected chi connectivity index (χ2v) is 6.18. The minimum absolute atomic E-state index is 0.0453. The number of nitrogens with zero attached hydrogens (tertiary/aromatic N) is 2. The van der Waals surface area contributed by atoms with Crippen molar-refractivity contribution in [1.82, 2.24) is 9.97 Å². The van der Waals surface area contributed by atoms with Gasteiger partial charge in [-0.3, -0.25) is 4.98 Å². The largest absolute Gasteiger partial charge is 0.489 e. The molecule has 3 aromatic rings.